The van der Waals surface area contributed by atoms with Crippen LogP contribution in [0, 0.1) is 0 Å². The van der Waals surface area contributed by atoms with Crippen LogP contribution >= 0.6 is 0 Å². The van der Waals surface area contributed by atoms with Crippen molar-refractivity contribution in [3.05, 3.63) is 12.2 Å². The average Bonchev–Trinajstić information content (AvgIpc) is 2.52. The van der Waals surface area contributed by atoms with Gasteiger partial charge in [0.05, 0.1) is 0 Å². The minimum absolute atomic E-state index is 0.164. The van der Waals surface area contributed by atoms with Crippen molar-refractivity contribution < 1.29 is 0 Å². The number of hydrogen-bond acceptors (Lipinski definition) is 3. The molecule has 0 saturated carbocycles. The second-order valence-corrected chi connectivity index (χ2v) is 5.75. The zero-order valence-electron chi connectivity index (χ0n) is 10.6. The maximum atomic E-state index is 6.01. The summed E-state index contributed by atoms with van der Waals surface area (Å²) in [4.78, 5) is 2.55. The summed E-state index contributed by atoms with van der Waals surface area (Å²) in [5, 5.41) is 3.65. The Morgan fingerprint density at radius 2 is 2.00 bits per heavy atom. The maximum Gasteiger partial charge on any atom is 0.0336 e. The van der Waals surface area contributed by atoms with Crippen LogP contribution in [0.5, 0.6) is 0 Å². The molecule has 2 atom stereocenters. The molecule has 3 nitrogen and oxygen atoms in total. The van der Waals surface area contributed by atoms with E-state index in [0.29, 0.717) is 0 Å². The number of rotatable bonds is 4. The molecule has 0 aromatic heterocycles. The van der Waals surface area contributed by atoms with Gasteiger partial charge in [-0.1, -0.05) is 12.2 Å². The molecule has 2 aliphatic rings. The first-order chi connectivity index (χ1) is 7.56. The van der Waals surface area contributed by atoms with Crippen LogP contribution < -0.4 is 11.1 Å². The summed E-state index contributed by atoms with van der Waals surface area (Å²) in [5.74, 6) is 0. The van der Waals surface area contributed by atoms with Crippen LogP contribution in [-0.4, -0.2) is 42.7 Å². The average molecular weight is 223 g/mol. The molecule has 0 aromatic rings. The SMILES string of the molecule is C=C(C)CNC1(CN)CC2CCC(C1)N2C. The molecular formula is C13H25N3. The number of fused-ring (bicyclic) bond motifs is 2. The standard InChI is InChI=1S/C13H25N3/c1-10(2)8-15-13(9-14)6-11-4-5-12(7-13)16(11)3/h11-12,15H,1,4-9,14H2,2-3H3. The summed E-state index contributed by atoms with van der Waals surface area (Å²) in [5.41, 5.74) is 7.37. The van der Waals surface area contributed by atoms with Gasteiger partial charge in [0, 0.05) is 30.7 Å². The Morgan fingerprint density at radius 3 is 2.44 bits per heavy atom. The first-order valence-electron chi connectivity index (χ1n) is 6.38. The van der Waals surface area contributed by atoms with Crippen LogP contribution in [0.2, 0.25) is 0 Å². The second-order valence-electron chi connectivity index (χ2n) is 5.75. The fraction of sp³-hybridized carbons (Fsp3) is 0.846. The molecule has 2 bridgehead atoms. The molecular weight excluding hydrogens is 198 g/mol. The van der Waals surface area contributed by atoms with Gasteiger partial charge in [0.1, 0.15) is 0 Å². The zero-order valence-corrected chi connectivity index (χ0v) is 10.6. The lowest BCUT2D eigenvalue weighted by molar-refractivity contribution is 0.0965. The van der Waals surface area contributed by atoms with Crippen LogP contribution in [0.25, 0.3) is 0 Å². The molecule has 2 heterocycles. The van der Waals surface area contributed by atoms with Gasteiger partial charge in [-0.25, -0.2) is 0 Å². The zero-order chi connectivity index (χ0) is 11.8. The number of piperidine rings is 1. The molecule has 2 rings (SSSR count). The first kappa shape index (κ1) is 12.1. The third-order valence-electron chi connectivity index (χ3n) is 4.39. The van der Waals surface area contributed by atoms with Gasteiger partial charge in [0.25, 0.3) is 0 Å². The Balaban J connectivity index is 2.03. The van der Waals surface area contributed by atoms with Crippen LogP contribution in [0.1, 0.15) is 32.6 Å². The van der Waals surface area contributed by atoms with Gasteiger partial charge in [-0.2, -0.15) is 0 Å². The lowest BCUT2D eigenvalue weighted by atomic mass is 9.83. The van der Waals surface area contributed by atoms with Gasteiger partial charge in [0.2, 0.25) is 0 Å². The molecule has 2 saturated heterocycles. The van der Waals surface area contributed by atoms with Crippen LogP contribution in [0.3, 0.4) is 0 Å². The molecule has 0 aliphatic carbocycles. The van der Waals surface area contributed by atoms with Gasteiger partial charge in [0.15, 0.2) is 0 Å². The smallest absolute Gasteiger partial charge is 0.0336 e. The molecule has 2 aliphatic heterocycles. The van der Waals surface area contributed by atoms with E-state index in [1.54, 1.807) is 0 Å². The van der Waals surface area contributed by atoms with Crippen LogP contribution in [-0.2, 0) is 0 Å². The summed E-state index contributed by atoms with van der Waals surface area (Å²) in [6.45, 7) is 7.68. The molecule has 92 valence electrons. The Hall–Kier alpha value is -0.380. The van der Waals surface area contributed by atoms with Gasteiger partial charge >= 0.3 is 0 Å². The minimum Gasteiger partial charge on any atom is -0.329 e. The Bertz CT molecular complexity index is 260. The molecule has 2 unspecified atom stereocenters. The lowest BCUT2D eigenvalue weighted by Crippen LogP contribution is -2.60. The van der Waals surface area contributed by atoms with Crippen molar-refractivity contribution >= 4 is 0 Å². The van der Waals surface area contributed by atoms with Gasteiger partial charge in [-0.3, -0.25) is 0 Å². The summed E-state index contributed by atoms with van der Waals surface area (Å²) in [6, 6.07) is 1.47. The number of hydrogen-bond donors (Lipinski definition) is 2. The van der Waals surface area contributed by atoms with Crippen molar-refractivity contribution in [3.63, 3.8) is 0 Å². The van der Waals surface area contributed by atoms with Crippen molar-refractivity contribution in [2.75, 3.05) is 20.1 Å². The molecule has 0 amide bonds. The normalized spacial score (nSPS) is 38.9. The Kier molecular flexibility index (Phi) is 3.38. The second kappa shape index (κ2) is 4.47. The number of nitrogens with zero attached hydrogens (tertiary/aromatic N) is 1. The minimum atomic E-state index is 0.164. The van der Waals surface area contributed by atoms with Gasteiger partial charge < -0.3 is 16.0 Å². The summed E-state index contributed by atoms with van der Waals surface area (Å²) in [6.07, 6.45) is 5.09. The van der Waals surface area contributed by atoms with E-state index >= 15 is 0 Å². The third kappa shape index (κ3) is 2.17. The summed E-state index contributed by atoms with van der Waals surface area (Å²) < 4.78 is 0. The predicted molar refractivity (Wildman–Crippen MR) is 68.4 cm³/mol. The molecule has 0 radical (unpaired) electrons. The van der Waals surface area contributed by atoms with Crippen molar-refractivity contribution in [3.8, 4) is 0 Å². The molecule has 3 heteroatoms. The van der Waals surface area contributed by atoms with E-state index in [9.17, 15) is 0 Å². The molecule has 2 fully saturated rings. The van der Waals surface area contributed by atoms with Gasteiger partial charge in [-0.05, 0) is 39.7 Å². The Labute approximate surface area is 99.1 Å². The molecule has 0 aromatic carbocycles. The van der Waals surface area contributed by atoms with E-state index in [4.69, 9.17) is 5.73 Å². The van der Waals surface area contributed by atoms with Crippen LogP contribution in [0.15, 0.2) is 12.2 Å². The quantitative estimate of drug-likeness (QED) is 0.701. The number of nitrogens with two attached hydrogens (primary N) is 1. The monoisotopic (exact) mass is 223 g/mol. The van der Waals surface area contributed by atoms with E-state index in [-0.39, 0.29) is 5.54 Å². The highest BCUT2D eigenvalue weighted by molar-refractivity contribution is 5.07. The van der Waals surface area contributed by atoms with Crippen molar-refractivity contribution in [1.29, 1.82) is 0 Å². The summed E-state index contributed by atoms with van der Waals surface area (Å²) in [7, 11) is 2.27. The van der Waals surface area contributed by atoms with Crippen LogP contribution in [0.4, 0.5) is 0 Å². The largest absolute Gasteiger partial charge is 0.329 e. The highest BCUT2D eigenvalue weighted by Crippen LogP contribution is 2.39. The topological polar surface area (TPSA) is 41.3 Å². The third-order valence-corrected chi connectivity index (χ3v) is 4.39. The Morgan fingerprint density at radius 1 is 1.44 bits per heavy atom. The number of nitrogens with one attached hydrogen (secondary N) is 1. The van der Waals surface area contributed by atoms with E-state index in [1.165, 1.54) is 31.3 Å². The highest BCUT2D eigenvalue weighted by atomic mass is 15.2. The van der Waals surface area contributed by atoms with Gasteiger partial charge in [-0.15, -0.1) is 0 Å². The fourth-order valence-corrected chi connectivity index (χ4v) is 3.29. The molecule has 3 N–H and O–H groups in total. The summed E-state index contributed by atoms with van der Waals surface area (Å²) >= 11 is 0. The van der Waals surface area contributed by atoms with E-state index in [0.717, 1.165) is 25.2 Å². The van der Waals surface area contributed by atoms with Crippen molar-refractivity contribution in [2.24, 2.45) is 5.73 Å². The fourth-order valence-electron chi connectivity index (χ4n) is 3.29. The first-order valence-corrected chi connectivity index (χ1v) is 6.38. The van der Waals surface area contributed by atoms with E-state index in [1.807, 2.05) is 0 Å². The lowest BCUT2D eigenvalue weighted by Gasteiger charge is -2.45. The maximum absolute atomic E-state index is 6.01. The molecule has 16 heavy (non-hydrogen) atoms. The van der Waals surface area contributed by atoms with Crippen molar-refractivity contribution in [1.82, 2.24) is 10.2 Å². The van der Waals surface area contributed by atoms with Crippen molar-refractivity contribution in [2.45, 2.75) is 50.2 Å². The predicted octanol–water partition coefficient (Wildman–Crippen LogP) is 1.11. The van der Waals surface area contributed by atoms with E-state index in [2.05, 4.69) is 30.8 Å². The highest BCUT2D eigenvalue weighted by Gasteiger charge is 2.45. The van der Waals surface area contributed by atoms with E-state index < -0.39 is 0 Å². The molecule has 0 spiro atoms.